The van der Waals surface area contributed by atoms with E-state index in [4.69, 9.17) is 9.84 Å². The first kappa shape index (κ1) is 15.7. The summed E-state index contributed by atoms with van der Waals surface area (Å²) in [4.78, 5) is 17.0. The lowest BCUT2D eigenvalue weighted by atomic mass is 10.1. The van der Waals surface area contributed by atoms with E-state index in [1.807, 2.05) is 0 Å². The molecule has 116 valence electrons. The van der Waals surface area contributed by atoms with E-state index in [1.54, 1.807) is 6.92 Å². The van der Waals surface area contributed by atoms with Gasteiger partial charge < -0.3 is 14.7 Å². The summed E-state index contributed by atoms with van der Waals surface area (Å²) in [5, 5.41) is 9.11. The molecular formula is C13H15F3N2O3. The summed E-state index contributed by atoms with van der Waals surface area (Å²) in [6.07, 6.45) is -3.80. The van der Waals surface area contributed by atoms with Gasteiger partial charge in [0.15, 0.2) is 0 Å². The Morgan fingerprint density at radius 1 is 1.52 bits per heavy atom. The van der Waals surface area contributed by atoms with Crippen LogP contribution in [0.2, 0.25) is 0 Å². The predicted molar refractivity (Wildman–Crippen MR) is 66.6 cm³/mol. The van der Waals surface area contributed by atoms with Crippen LogP contribution in [-0.2, 0) is 10.9 Å². The molecule has 1 aromatic rings. The number of ether oxygens (including phenoxy) is 1. The number of hydrogen-bond donors (Lipinski definition) is 1. The Bertz CT molecular complexity index is 522. The second kappa shape index (κ2) is 5.98. The number of aliphatic hydroxyl groups excluding tert-OH is 1. The van der Waals surface area contributed by atoms with Crippen molar-refractivity contribution in [3.63, 3.8) is 0 Å². The van der Waals surface area contributed by atoms with E-state index in [0.29, 0.717) is 6.20 Å². The van der Waals surface area contributed by atoms with Gasteiger partial charge in [0.2, 0.25) is 0 Å². The zero-order valence-corrected chi connectivity index (χ0v) is 11.3. The van der Waals surface area contributed by atoms with E-state index in [0.717, 1.165) is 12.3 Å². The Kier molecular flexibility index (Phi) is 4.48. The van der Waals surface area contributed by atoms with E-state index in [1.165, 1.54) is 4.90 Å². The fraction of sp³-hybridized carbons (Fsp3) is 0.538. The number of aliphatic hydroxyl groups is 1. The molecule has 1 aromatic heterocycles. The molecule has 0 unspecified atom stereocenters. The van der Waals surface area contributed by atoms with Crippen LogP contribution in [-0.4, -0.2) is 52.8 Å². The van der Waals surface area contributed by atoms with Gasteiger partial charge in [-0.05, 0) is 13.0 Å². The van der Waals surface area contributed by atoms with E-state index in [2.05, 4.69) is 4.98 Å². The zero-order chi connectivity index (χ0) is 15.6. The maximum atomic E-state index is 12.9. The second-order valence-electron chi connectivity index (χ2n) is 4.88. The van der Waals surface area contributed by atoms with Gasteiger partial charge in [0.05, 0.1) is 29.9 Å². The lowest BCUT2D eigenvalue weighted by Gasteiger charge is -2.36. The van der Waals surface area contributed by atoms with E-state index < -0.39 is 29.3 Å². The molecule has 1 amide bonds. The fourth-order valence-electron chi connectivity index (χ4n) is 2.29. The topological polar surface area (TPSA) is 62.7 Å². The summed E-state index contributed by atoms with van der Waals surface area (Å²) in [6, 6.07) is 1.05. The molecule has 8 heteroatoms. The normalized spacial score (nSPS) is 23.2. The van der Waals surface area contributed by atoms with Crippen molar-refractivity contribution < 1.29 is 27.8 Å². The van der Waals surface area contributed by atoms with Crippen LogP contribution in [0.4, 0.5) is 13.2 Å². The highest BCUT2D eigenvalue weighted by atomic mass is 19.4. The van der Waals surface area contributed by atoms with Crippen LogP contribution in [0, 0.1) is 0 Å². The molecule has 0 saturated carbocycles. The number of rotatable bonds is 2. The minimum absolute atomic E-state index is 0.0549. The average molecular weight is 304 g/mol. The number of amides is 1. The summed E-state index contributed by atoms with van der Waals surface area (Å²) in [5.41, 5.74) is -1.50. The molecule has 1 aliphatic heterocycles. The summed E-state index contributed by atoms with van der Waals surface area (Å²) >= 11 is 0. The monoisotopic (exact) mass is 304 g/mol. The number of nitrogens with zero attached hydrogens (tertiary/aromatic N) is 2. The Balaban J connectivity index is 2.28. The first-order valence-corrected chi connectivity index (χ1v) is 6.39. The Labute approximate surface area is 119 Å². The van der Waals surface area contributed by atoms with Crippen molar-refractivity contribution in [1.82, 2.24) is 9.88 Å². The van der Waals surface area contributed by atoms with Gasteiger partial charge in [-0.15, -0.1) is 0 Å². The Morgan fingerprint density at radius 2 is 2.24 bits per heavy atom. The molecule has 1 saturated heterocycles. The summed E-state index contributed by atoms with van der Waals surface area (Å²) in [5.74, 6) is -0.738. The molecule has 5 nitrogen and oxygen atoms in total. The number of carbonyl (C=O) groups is 1. The lowest BCUT2D eigenvalue weighted by molar-refractivity contribution is -0.138. The number of carbonyl (C=O) groups excluding carboxylic acids is 1. The van der Waals surface area contributed by atoms with Crippen LogP contribution in [0.5, 0.6) is 0 Å². The molecule has 0 radical (unpaired) electrons. The molecule has 1 fully saturated rings. The van der Waals surface area contributed by atoms with Crippen LogP contribution in [0.25, 0.3) is 0 Å². The highest BCUT2D eigenvalue weighted by Crippen LogP contribution is 2.32. The molecule has 2 rings (SSSR count). The highest BCUT2D eigenvalue weighted by Gasteiger charge is 2.38. The molecule has 0 bridgehead atoms. The van der Waals surface area contributed by atoms with Crippen LogP contribution in [0.1, 0.15) is 22.8 Å². The number of pyridine rings is 1. The SMILES string of the molecule is C[C@H]1CN(C(=O)c2ccncc2C(F)(F)F)C[C@@H](CO)O1. The largest absolute Gasteiger partial charge is 0.418 e. The van der Waals surface area contributed by atoms with Crippen molar-refractivity contribution >= 4 is 5.91 Å². The van der Waals surface area contributed by atoms with Gasteiger partial charge in [-0.2, -0.15) is 13.2 Å². The van der Waals surface area contributed by atoms with Crippen molar-refractivity contribution in [2.45, 2.75) is 25.3 Å². The van der Waals surface area contributed by atoms with Gasteiger partial charge in [-0.3, -0.25) is 9.78 Å². The van der Waals surface area contributed by atoms with Gasteiger partial charge in [-0.25, -0.2) is 0 Å². The molecule has 2 heterocycles. The molecule has 0 aromatic carbocycles. The van der Waals surface area contributed by atoms with Crippen LogP contribution < -0.4 is 0 Å². The molecular weight excluding hydrogens is 289 g/mol. The minimum Gasteiger partial charge on any atom is -0.394 e. The molecule has 2 atom stereocenters. The van der Waals surface area contributed by atoms with Gasteiger partial charge in [-0.1, -0.05) is 0 Å². The molecule has 1 N–H and O–H groups in total. The summed E-state index contributed by atoms with van der Waals surface area (Å²) in [6.45, 7) is 1.63. The van der Waals surface area contributed by atoms with Gasteiger partial charge in [0, 0.05) is 25.5 Å². The van der Waals surface area contributed by atoms with Gasteiger partial charge in [0.1, 0.15) is 0 Å². The molecule has 0 spiro atoms. The maximum Gasteiger partial charge on any atom is 0.418 e. The van der Waals surface area contributed by atoms with Crippen molar-refractivity contribution in [2.24, 2.45) is 0 Å². The minimum atomic E-state index is -4.65. The summed E-state index contributed by atoms with van der Waals surface area (Å²) < 4.78 is 44.1. The first-order valence-electron chi connectivity index (χ1n) is 6.39. The highest BCUT2D eigenvalue weighted by molar-refractivity contribution is 5.95. The zero-order valence-electron chi connectivity index (χ0n) is 11.3. The Morgan fingerprint density at radius 3 is 2.86 bits per heavy atom. The predicted octanol–water partition coefficient (Wildman–Crippen LogP) is 1.32. The third-order valence-corrected chi connectivity index (χ3v) is 3.17. The second-order valence-corrected chi connectivity index (χ2v) is 4.88. The first-order chi connectivity index (χ1) is 9.82. The smallest absolute Gasteiger partial charge is 0.394 e. The van der Waals surface area contributed by atoms with Crippen molar-refractivity contribution in [3.05, 3.63) is 29.6 Å². The molecule has 21 heavy (non-hydrogen) atoms. The third kappa shape index (κ3) is 3.51. The maximum absolute atomic E-state index is 12.9. The standard InChI is InChI=1S/C13H15F3N2O3/c1-8-5-18(6-9(7-19)21-8)12(20)10-2-3-17-4-11(10)13(14,15)16/h2-4,8-9,19H,5-7H2,1H3/t8-,9-/m0/s1. The number of alkyl halides is 3. The van der Waals surface area contributed by atoms with E-state index in [9.17, 15) is 18.0 Å². The van der Waals surface area contributed by atoms with Crippen LogP contribution >= 0.6 is 0 Å². The average Bonchev–Trinajstić information content (AvgIpc) is 2.45. The van der Waals surface area contributed by atoms with E-state index in [-0.39, 0.29) is 25.8 Å². The van der Waals surface area contributed by atoms with Crippen molar-refractivity contribution in [1.29, 1.82) is 0 Å². The summed E-state index contributed by atoms with van der Waals surface area (Å²) in [7, 11) is 0. The van der Waals surface area contributed by atoms with Gasteiger partial charge in [0.25, 0.3) is 5.91 Å². The van der Waals surface area contributed by atoms with E-state index >= 15 is 0 Å². The Hall–Kier alpha value is -1.67. The van der Waals surface area contributed by atoms with Crippen molar-refractivity contribution in [2.75, 3.05) is 19.7 Å². The number of morpholine rings is 1. The molecule has 1 aliphatic rings. The number of aromatic nitrogens is 1. The number of hydrogen-bond acceptors (Lipinski definition) is 4. The molecule has 0 aliphatic carbocycles. The van der Waals surface area contributed by atoms with Gasteiger partial charge >= 0.3 is 6.18 Å². The fourth-order valence-corrected chi connectivity index (χ4v) is 2.29. The lowest BCUT2D eigenvalue weighted by Crippen LogP contribution is -2.50. The third-order valence-electron chi connectivity index (χ3n) is 3.17. The van der Waals surface area contributed by atoms with Crippen LogP contribution in [0.15, 0.2) is 18.5 Å². The number of halogens is 3. The van der Waals surface area contributed by atoms with Crippen molar-refractivity contribution in [3.8, 4) is 0 Å². The van der Waals surface area contributed by atoms with Crippen LogP contribution in [0.3, 0.4) is 0 Å². The quantitative estimate of drug-likeness (QED) is 0.895.